The molecule has 35 heavy (non-hydrogen) atoms. The van der Waals surface area contributed by atoms with Gasteiger partial charge < -0.3 is 9.32 Å². The minimum atomic E-state index is -2.86. The van der Waals surface area contributed by atoms with Crippen LogP contribution in [0.25, 0.3) is 22.0 Å². The normalized spacial score (nSPS) is 15.2. The van der Waals surface area contributed by atoms with Crippen molar-refractivity contribution in [1.29, 1.82) is 0 Å². The molecule has 3 aromatic heterocycles. The van der Waals surface area contributed by atoms with Crippen LogP contribution in [0.3, 0.4) is 0 Å². The number of nitrogens with zero attached hydrogens (tertiary/aromatic N) is 6. The van der Waals surface area contributed by atoms with Gasteiger partial charge in [0.1, 0.15) is 5.82 Å². The average molecular weight is 503 g/mol. The number of benzene rings is 1. The highest BCUT2D eigenvalue weighted by atomic mass is 32.1. The Bertz CT molecular complexity index is 1380. The van der Waals surface area contributed by atoms with E-state index in [1.54, 1.807) is 24.3 Å². The second-order valence-corrected chi connectivity index (χ2v) is 9.34. The summed E-state index contributed by atoms with van der Waals surface area (Å²) >= 11 is 0.878. The standard InChI is InChI=1S/C23H21F3N6O2S/c1-31-9-7-13(8-10-31)16-3-2-4-17(18(16)24)22-30-32(23(33)35-22)12-15-6-5-14(11-27-15)20-28-29-21(34-20)19(25)26/h2-6,11,13,19H,7-10,12H2,1H3. The van der Waals surface area contributed by atoms with Crippen LogP contribution in [0.1, 0.15) is 42.3 Å². The smallest absolute Gasteiger partial charge is 0.325 e. The Hall–Kier alpha value is -3.38. The molecule has 0 radical (unpaired) electrons. The van der Waals surface area contributed by atoms with Gasteiger partial charge in [-0.3, -0.25) is 9.78 Å². The molecule has 0 spiro atoms. The van der Waals surface area contributed by atoms with Crippen LogP contribution in [0, 0.1) is 5.82 Å². The lowest BCUT2D eigenvalue weighted by atomic mass is 9.88. The molecule has 1 aliphatic heterocycles. The van der Waals surface area contributed by atoms with Gasteiger partial charge in [0.05, 0.1) is 17.8 Å². The van der Waals surface area contributed by atoms with Crippen molar-refractivity contribution >= 4 is 11.3 Å². The van der Waals surface area contributed by atoms with Gasteiger partial charge >= 0.3 is 11.3 Å². The van der Waals surface area contributed by atoms with Gasteiger partial charge in [-0.15, -0.1) is 10.2 Å². The Morgan fingerprint density at radius 2 is 1.97 bits per heavy atom. The Kier molecular flexibility index (Phi) is 6.48. The topological polar surface area (TPSA) is 89.9 Å². The lowest BCUT2D eigenvalue weighted by molar-refractivity contribution is 0.116. The predicted octanol–water partition coefficient (Wildman–Crippen LogP) is 4.35. The van der Waals surface area contributed by atoms with Gasteiger partial charge in [-0.25, -0.2) is 9.07 Å². The molecule has 8 nitrogen and oxygen atoms in total. The van der Waals surface area contributed by atoms with Crippen molar-refractivity contribution in [3.8, 4) is 22.0 Å². The van der Waals surface area contributed by atoms with Gasteiger partial charge in [0.2, 0.25) is 5.89 Å². The van der Waals surface area contributed by atoms with E-state index in [1.807, 2.05) is 6.07 Å². The fourth-order valence-corrected chi connectivity index (χ4v) is 4.89. The SMILES string of the molecule is CN1CCC(c2cccc(-c3nn(Cc4ccc(-c5nnc(C(F)F)o5)cn4)c(=O)s3)c2F)CC1. The summed E-state index contributed by atoms with van der Waals surface area (Å²) in [4.78, 5) is 18.7. The lowest BCUT2D eigenvalue weighted by Gasteiger charge is -2.29. The van der Waals surface area contributed by atoms with Crippen LogP contribution in [0.4, 0.5) is 13.2 Å². The first-order valence-corrected chi connectivity index (χ1v) is 11.8. The maximum atomic E-state index is 15.4. The highest BCUT2D eigenvalue weighted by Gasteiger charge is 2.24. The summed E-state index contributed by atoms with van der Waals surface area (Å²) in [6.07, 6.45) is 0.303. The molecule has 0 aliphatic carbocycles. The van der Waals surface area contributed by atoms with E-state index in [-0.39, 0.29) is 29.0 Å². The maximum absolute atomic E-state index is 15.4. The van der Waals surface area contributed by atoms with Gasteiger partial charge in [0, 0.05) is 11.8 Å². The summed E-state index contributed by atoms with van der Waals surface area (Å²) in [5, 5.41) is 11.5. The van der Waals surface area contributed by atoms with Gasteiger partial charge in [0.15, 0.2) is 5.01 Å². The predicted molar refractivity (Wildman–Crippen MR) is 123 cm³/mol. The van der Waals surface area contributed by atoms with E-state index < -0.39 is 12.3 Å². The number of hydrogen-bond donors (Lipinski definition) is 0. The molecule has 0 atom stereocenters. The molecule has 0 unspecified atom stereocenters. The third kappa shape index (κ3) is 4.89. The zero-order valence-corrected chi connectivity index (χ0v) is 19.5. The first-order chi connectivity index (χ1) is 16.9. The summed E-state index contributed by atoms with van der Waals surface area (Å²) < 4.78 is 46.9. The van der Waals surface area contributed by atoms with Crippen molar-refractivity contribution in [1.82, 2.24) is 29.9 Å². The molecular formula is C23H21F3N6O2S. The minimum Gasteiger partial charge on any atom is -0.415 e. The highest BCUT2D eigenvalue weighted by Crippen LogP contribution is 2.34. The van der Waals surface area contributed by atoms with Crippen molar-refractivity contribution in [3.05, 3.63) is 69.2 Å². The van der Waals surface area contributed by atoms with Crippen LogP contribution in [0.2, 0.25) is 0 Å². The molecule has 12 heteroatoms. The zero-order chi connectivity index (χ0) is 24.5. The van der Waals surface area contributed by atoms with Crippen LogP contribution < -0.4 is 4.87 Å². The number of likely N-dealkylation sites (tertiary alicyclic amines) is 1. The number of rotatable bonds is 6. The third-order valence-corrected chi connectivity index (χ3v) is 6.91. The third-order valence-electron chi connectivity index (χ3n) is 6.03. The quantitative estimate of drug-likeness (QED) is 0.387. The molecule has 5 rings (SSSR count). The van der Waals surface area contributed by atoms with Crippen LogP contribution in [0.5, 0.6) is 0 Å². The van der Waals surface area contributed by atoms with Gasteiger partial charge in [-0.1, -0.05) is 23.5 Å². The molecule has 1 saturated heterocycles. The Morgan fingerprint density at radius 1 is 1.17 bits per heavy atom. The van der Waals surface area contributed by atoms with Crippen LogP contribution in [-0.2, 0) is 6.54 Å². The maximum Gasteiger partial charge on any atom is 0.325 e. The minimum absolute atomic E-state index is 0.0675. The molecule has 1 aliphatic rings. The van der Waals surface area contributed by atoms with E-state index in [4.69, 9.17) is 4.42 Å². The molecule has 182 valence electrons. The summed E-state index contributed by atoms with van der Waals surface area (Å²) in [6.45, 7) is 1.90. The van der Waals surface area contributed by atoms with E-state index in [9.17, 15) is 13.6 Å². The monoisotopic (exact) mass is 502 g/mol. The lowest BCUT2D eigenvalue weighted by Crippen LogP contribution is -2.29. The Morgan fingerprint density at radius 3 is 2.66 bits per heavy atom. The first-order valence-electron chi connectivity index (χ1n) is 11.0. The van der Waals surface area contributed by atoms with Crippen LogP contribution in [0.15, 0.2) is 45.7 Å². The summed E-state index contributed by atoms with van der Waals surface area (Å²) in [7, 11) is 2.06. The summed E-state index contributed by atoms with van der Waals surface area (Å²) in [5.41, 5.74) is 1.85. The fraction of sp³-hybridized carbons (Fsp3) is 0.348. The largest absolute Gasteiger partial charge is 0.415 e. The van der Waals surface area contributed by atoms with Crippen molar-refractivity contribution < 1.29 is 17.6 Å². The molecule has 4 heterocycles. The number of hydrogen-bond acceptors (Lipinski definition) is 8. The van der Waals surface area contributed by atoms with E-state index in [2.05, 4.69) is 32.2 Å². The number of aromatic nitrogens is 5. The number of alkyl halides is 2. The summed E-state index contributed by atoms with van der Waals surface area (Å²) in [5.74, 6) is -1.03. The van der Waals surface area contributed by atoms with Crippen LogP contribution >= 0.6 is 11.3 Å². The summed E-state index contributed by atoms with van der Waals surface area (Å²) in [6, 6.07) is 8.44. The van der Waals surface area contributed by atoms with Gasteiger partial charge in [0.25, 0.3) is 5.89 Å². The second kappa shape index (κ2) is 9.70. The van der Waals surface area contributed by atoms with Crippen molar-refractivity contribution in [3.63, 3.8) is 0 Å². The fourth-order valence-electron chi connectivity index (χ4n) is 4.10. The molecule has 1 aromatic carbocycles. The van der Waals surface area contributed by atoms with E-state index in [1.165, 1.54) is 10.9 Å². The Labute approximate surface area is 202 Å². The van der Waals surface area contributed by atoms with Gasteiger partial charge in [-0.05, 0) is 62.7 Å². The molecule has 1 fully saturated rings. The van der Waals surface area contributed by atoms with E-state index in [0.717, 1.165) is 37.3 Å². The molecule has 0 N–H and O–H groups in total. The molecule has 0 bridgehead atoms. The number of piperidine rings is 1. The number of pyridine rings is 1. The molecule has 0 amide bonds. The van der Waals surface area contributed by atoms with Gasteiger partial charge in [-0.2, -0.15) is 13.9 Å². The second-order valence-electron chi connectivity index (χ2n) is 8.40. The number of halogens is 3. The van der Waals surface area contributed by atoms with Crippen molar-refractivity contribution in [2.45, 2.75) is 31.7 Å². The average Bonchev–Trinajstić information content (AvgIpc) is 3.48. The van der Waals surface area contributed by atoms with Crippen LogP contribution in [-0.4, -0.2) is 50.0 Å². The Balaban J connectivity index is 1.35. The van der Waals surface area contributed by atoms with E-state index in [0.29, 0.717) is 27.4 Å². The van der Waals surface area contributed by atoms with E-state index >= 15 is 4.39 Å². The zero-order valence-electron chi connectivity index (χ0n) is 18.7. The molecule has 4 aromatic rings. The van der Waals surface area contributed by atoms with Crippen molar-refractivity contribution in [2.75, 3.05) is 20.1 Å². The molecule has 0 saturated carbocycles. The van der Waals surface area contributed by atoms with Crippen molar-refractivity contribution in [2.24, 2.45) is 0 Å². The molecular weight excluding hydrogens is 481 g/mol. The highest BCUT2D eigenvalue weighted by molar-refractivity contribution is 7.12. The first kappa shape index (κ1) is 23.4.